The highest BCUT2D eigenvalue weighted by molar-refractivity contribution is 7.17. The van der Waals surface area contributed by atoms with Gasteiger partial charge in [-0.15, -0.1) is 22.7 Å². The molecule has 30 heavy (non-hydrogen) atoms. The lowest BCUT2D eigenvalue weighted by Crippen LogP contribution is -2.33. The summed E-state index contributed by atoms with van der Waals surface area (Å²) < 4.78 is 38.0. The van der Waals surface area contributed by atoms with Crippen LogP contribution in [0.15, 0.2) is 29.6 Å². The van der Waals surface area contributed by atoms with Crippen molar-refractivity contribution in [3.05, 3.63) is 51.5 Å². The smallest absolute Gasteiger partial charge is 0.389 e. The molecule has 1 amide bonds. The Balaban J connectivity index is 1.34. The molecular weight excluding hydrogens is 435 g/mol. The zero-order valence-corrected chi connectivity index (χ0v) is 17.5. The Morgan fingerprint density at radius 3 is 2.53 bits per heavy atom. The van der Waals surface area contributed by atoms with E-state index in [4.69, 9.17) is 0 Å². The maximum Gasteiger partial charge on any atom is 0.416 e. The third kappa shape index (κ3) is 4.26. The molecule has 1 saturated carbocycles. The molecule has 158 valence electrons. The maximum atomic E-state index is 12.7. The van der Waals surface area contributed by atoms with E-state index in [-0.39, 0.29) is 24.3 Å². The molecule has 2 heterocycles. The number of amides is 1. The van der Waals surface area contributed by atoms with Crippen LogP contribution in [0.4, 0.5) is 18.3 Å². The van der Waals surface area contributed by atoms with Gasteiger partial charge in [0.15, 0.2) is 5.13 Å². The molecule has 0 radical (unpaired) electrons. The summed E-state index contributed by atoms with van der Waals surface area (Å²) in [4.78, 5) is 22.1. The predicted molar refractivity (Wildman–Crippen MR) is 109 cm³/mol. The average molecular weight is 454 g/mol. The van der Waals surface area contributed by atoms with E-state index in [1.165, 1.54) is 34.8 Å². The van der Waals surface area contributed by atoms with E-state index in [9.17, 15) is 23.1 Å². The lowest BCUT2D eigenvalue weighted by atomic mass is 9.71. The second-order valence-electron chi connectivity index (χ2n) is 7.19. The number of thiazole rings is 2. The number of halogens is 3. The molecule has 0 unspecified atom stereocenters. The number of rotatable bonds is 5. The number of alkyl halides is 3. The Labute approximate surface area is 178 Å². The summed E-state index contributed by atoms with van der Waals surface area (Å²) in [7, 11) is 0. The van der Waals surface area contributed by atoms with E-state index in [2.05, 4.69) is 15.3 Å². The normalized spacial score (nSPS) is 18.8. The molecule has 0 atom stereocenters. The van der Waals surface area contributed by atoms with Crippen LogP contribution in [0.25, 0.3) is 10.6 Å². The Kier molecular flexibility index (Phi) is 5.65. The molecule has 0 bridgehead atoms. The monoisotopic (exact) mass is 453 g/mol. The van der Waals surface area contributed by atoms with Gasteiger partial charge in [0, 0.05) is 11.3 Å². The molecule has 10 heteroatoms. The van der Waals surface area contributed by atoms with E-state index in [1.54, 1.807) is 0 Å². The molecule has 2 aromatic heterocycles. The van der Waals surface area contributed by atoms with Crippen LogP contribution in [0, 0.1) is 12.8 Å². The van der Waals surface area contributed by atoms with Crippen molar-refractivity contribution < 1.29 is 23.1 Å². The second kappa shape index (κ2) is 8.09. The highest BCUT2D eigenvalue weighted by Gasteiger charge is 2.36. The zero-order valence-electron chi connectivity index (χ0n) is 15.9. The first kappa shape index (κ1) is 21.0. The van der Waals surface area contributed by atoms with Gasteiger partial charge in [-0.05, 0) is 43.4 Å². The number of aliphatic hydroxyl groups excluding tert-OH is 1. The van der Waals surface area contributed by atoms with Gasteiger partial charge < -0.3 is 10.4 Å². The van der Waals surface area contributed by atoms with E-state index in [0.29, 0.717) is 28.7 Å². The van der Waals surface area contributed by atoms with E-state index in [0.717, 1.165) is 28.3 Å². The number of hydrogen-bond donors (Lipinski definition) is 2. The zero-order chi connectivity index (χ0) is 21.5. The molecule has 5 nitrogen and oxygen atoms in total. The number of nitrogens with one attached hydrogen (secondary N) is 1. The minimum atomic E-state index is -4.34. The van der Waals surface area contributed by atoms with Gasteiger partial charge >= 0.3 is 6.18 Å². The van der Waals surface area contributed by atoms with Crippen molar-refractivity contribution in [3.8, 4) is 10.6 Å². The number of carbonyl (C=O) groups is 1. The summed E-state index contributed by atoms with van der Waals surface area (Å²) in [6.07, 6.45) is -3.14. The molecule has 0 saturated heterocycles. The van der Waals surface area contributed by atoms with Crippen LogP contribution >= 0.6 is 22.7 Å². The fourth-order valence-electron chi connectivity index (χ4n) is 3.45. The number of aromatic nitrogens is 2. The molecule has 3 aromatic rings. The largest absolute Gasteiger partial charge is 0.416 e. The second-order valence-corrected chi connectivity index (χ2v) is 9.13. The first-order chi connectivity index (χ1) is 14.2. The van der Waals surface area contributed by atoms with Crippen LogP contribution < -0.4 is 5.32 Å². The van der Waals surface area contributed by atoms with Crippen molar-refractivity contribution in [1.82, 2.24) is 9.97 Å². The fourth-order valence-corrected chi connectivity index (χ4v) is 5.11. The van der Waals surface area contributed by atoms with Gasteiger partial charge in [-0.25, -0.2) is 9.97 Å². The topological polar surface area (TPSA) is 75.1 Å². The van der Waals surface area contributed by atoms with Crippen molar-refractivity contribution >= 4 is 33.7 Å². The Hall–Kier alpha value is -2.30. The minimum absolute atomic E-state index is 0.0895. The Morgan fingerprint density at radius 1 is 1.23 bits per heavy atom. The fraction of sp³-hybridized carbons (Fsp3) is 0.350. The van der Waals surface area contributed by atoms with E-state index >= 15 is 0 Å². The third-order valence-electron chi connectivity index (χ3n) is 5.16. The molecule has 2 N–H and O–H groups in total. The van der Waals surface area contributed by atoms with Crippen molar-refractivity contribution in [2.75, 3.05) is 5.32 Å². The minimum Gasteiger partial charge on any atom is -0.389 e. The number of aryl methyl sites for hydroxylation is 1. The molecule has 1 aromatic carbocycles. The molecule has 1 aliphatic rings. The predicted octanol–water partition coefficient (Wildman–Crippen LogP) is 5.22. The van der Waals surface area contributed by atoms with Gasteiger partial charge in [0.2, 0.25) is 5.91 Å². The highest BCUT2D eigenvalue weighted by atomic mass is 32.1. The van der Waals surface area contributed by atoms with E-state index < -0.39 is 11.7 Å². The van der Waals surface area contributed by atoms with Crippen molar-refractivity contribution in [3.63, 3.8) is 0 Å². The molecule has 0 aliphatic heterocycles. The summed E-state index contributed by atoms with van der Waals surface area (Å²) in [5, 5.41) is 15.0. The van der Waals surface area contributed by atoms with Gasteiger partial charge in [0.05, 0.1) is 28.4 Å². The van der Waals surface area contributed by atoms with Crippen LogP contribution in [0.2, 0.25) is 0 Å². The first-order valence-electron chi connectivity index (χ1n) is 9.25. The lowest BCUT2D eigenvalue weighted by molar-refractivity contribution is -0.137. The lowest BCUT2D eigenvalue weighted by Gasteiger charge is -2.34. The van der Waals surface area contributed by atoms with Gasteiger partial charge in [0.1, 0.15) is 5.01 Å². The summed E-state index contributed by atoms with van der Waals surface area (Å²) in [6, 6.07) is 5.16. The van der Waals surface area contributed by atoms with Crippen LogP contribution in [0.1, 0.15) is 40.6 Å². The van der Waals surface area contributed by atoms with Crippen molar-refractivity contribution in [2.24, 2.45) is 5.92 Å². The number of benzene rings is 1. The van der Waals surface area contributed by atoms with Crippen LogP contribution in [0.3, 0.4) is 0 Å². The van der Waals surface area contributed by atoms with Crippen LogP contribution in [-0.2, 0) is 17.6 Å². The number of anilines is 1. The number of carbonyl (C=O) groups excluding carboxylic acids is 1. The van der Waals surface area contributed by atoms with Gasteiger partial charge in [0.25, 0.3) is 0 Å². The SMILES string of the molecule is Cc1nc(CO)sc1-c1csc(NC(=O)C2CC(c3ccc(C(F)(F)F)cc3)C2)n1. The number of hydrogen-bond acceptors (Lipinski definition) is 6. The average Bonchev–Trinajstić information content (AvgIpc) is 3.26. The molecular formula is C20H18F3N3O2S2. The first-order valence-corrected chi connectivity index (χ1v) is 10.9. The van der Waals surface area contributed by atoms with Crippen molar-refractivity contribution in [1.29, 1.82) is 0 Å². The van der Waals surface area contributed by atoms with E-state index in [1.807, 2.05) is 12.3 Å². The summed E-state index contributed by atoms with van der Waals surface area (Å²) in [5.41, 5.74) is 1.65. The molecule has 0 spiro atoms. The van der Waals surface area contributed by atoms with Crippen LogP contribution in [-0.4, -0.2) is 21.0 Å². The summed E-state index contributed by atoms with van der Waals surface area (Å²) >= 11 is 2.69. The molecule has 1 aliphatic carbocycles. The van der Waals surface area contributed by atoms with Gasteiger partial charge in [-0.3, -0.25) is 4.79 Å². The van der Waals surface area contributed by atoms with Crippen molar-refractivity contribution in [2.45, 2.75) is 38.5 Å². The Morgan fingerprint density at radius 2 is 1.93 bits per heavy atom. The molecule has 4 rings (SSSR count). The Bertz CT molecular complexity index is 1050. The standard InChI is InChI=1S/C20H18F3N3O2S2/c1-10-17(30-16(8-27)24-10)15-9-29-19(25-15)26-18(28)13-6-12(7-13)11-2-4-14(5-3-11)20(21,22)23/h2-5,9,12-13,27H,6-8H2,1H3,(H,25,26,28). The van der Waals surface area contributed by atoms with Gasteiger partial charge in [-0.1, -0.05) is 12.1 Å². The quantitative estimate of drug-likeness (QED) is 0.556. The van der Waals surface area contributed by atoms with Crippen LogP contribution in [0.5, 0.6) is 0 Å². The number of nitrogens with zero attached hydrogens (tertiary/aromatic N) is 2. The highest BCUT2D eigenvalue weighted by Crippen LogP contribution is 2.43. The summed E-state index contributed by atoms with van der Waals surface area (Å²) in [5.74, 6) is -0.224. The number of aliphatic hydroxyl groups is 1. The third-order valence-corrected chi connectivity index (χ3v) is 7.08. The maximum absolute atomic E-state index is 12.7. The van der Waals surface area contributed by atoms with Gasteiger partial charge in [-0.2, -0.15) is 13.2 Å². The summed E-state index contributed by atoms with van der Waals surface area (Å²) in [6.45, 7) is 1.72. The molecule has 1 fully saturated rings.